The van der Waals surface area contributed by atoms with Crippen molar-refractivity contribution in [3.05, 3.63) is 18.2 Å². The first kappa shape index (κ1) is 14.6. The van der Waals surface area contributed by atoms with Gasteiger partial charge in [0.25, 0.3) is 0 Å². The second kappa shape index (κ2) is 6.94. The molecule has 1 unspecified atom stereocenters. The molecule has 1 atom stereocenters. The van der Waals surface area contributed by atoms with Crippen molar-refractivity contribution in [2.24, 2.45) is 0 Å². The van der Waals surface area contributed by atoms with E-state index in [1.807, 2.05) is 0 Å². The number of rotatable bonds is 3. The van der Waals surface area contributed by atoms with E-state index in [4.69, 9.17) is 14.0 Å². The summed E-state index contributed by atoms with van der Waals surface area (Å²) in [5.74, 6) is 0.985. The van der Waals surface area contributed by atoms with Gasteiger partial charge in [-0.3, -0.25) is 0 Å². The molecule has 0 bridgehead atoms. The quantitative estimate of drug-likeness (QED) is 0.512. The summed E-state index contributed by atoms with van der Waals surface area (Å²) < 4.78 is 29.4. The van der Waals surface area contributed by atoms with E-state index in [1.54, 1.807) is 6.07 Å². The van der Waals surface area contributed by atoms with Crippen molar-refractivity contribution in [3.63, 3.8) is 0 Å². The topological polar surface area (TPSA) is 55.8 Å². The van der Waals surface area contributed by atoms with Gasteiger partial charge in [0.05, 0.1) is 19.1 Å². The van der Waals surface area contributed by atoms with Crippen LogP contribution in [0.15, 0.2) is 23.1 Å². The van der Waals surface area contributed by atoms with Gasteiger partial charge < -0.3 is 15.5 Å². The predicted octanol–water partition coefficient (Wildman–Crippen LogP) is -1.60. The summed E-state index contributed by atoms with van der Waals surface area (Å²) in [6.45, 7) is 0. The number of hydrogen-bond donors (Lipinski definition) is 1. The first-order valence-corrected chi connectivity index (χ1v) is 4.62. The maximum atomic E-state index is 10.7. The summed E-state index contributed by atoms with van der Waals surface area (Å²) >= 11 is -1.99. The zero-order valence-corrected chi connectivity index (χ0v) is 12.3. The molecule has 1 aromatic carbocycles. The van der Waals surface area contributed by atoms with E-state index in [-0.39, 0.29) is 57.7 Å². The van der Waals surface area contributed by atoms with E-state index in [1.165, 1.54) is 26.4 Å². The van der Waals surface area contributed by atoms with E-state index in [2.05, 4.69) is 0 Å². The maximum Gasteiger partial charge on any atom is 1.00 e. The van der Waals surface area contributed by atoms with Gasteiger partial charge in [-0.1, -0.05) is 0 Å². The van der Waals surface area contributed by atoms with Crippen LogP contribution in [-0.4, -0.2) is 23.0 Å². The van der Waals surface area contributed by atoms with Gasteiger partial charge in [0.1, 0.15) is 0 Å². The normalized spacial score (nSPS) is 11.4. The van der Waals surface area contributed by atoms with Crippen LogP contribution >= 0.6 is 0 Å². The molecule has 0 heterocycles. The molecule has 0 radical (unpaired) electrons. The molecule has 1 N–H and O–H groups in total. The Kier molecular flexibility index (Phi) is 7.22. The van der Waals surface area contributed by atoms with Crippen LogP contribution < -0.4 is 60.9 Å². The zero-order valence-electron chi connectivity index (χ0n) is 9.31. The van der Waals surface area contributed by atoms with Crippen molar-refractivity contribution in [1.82, 2.24) is 0 Å². The standard InChI is InChI=1S/C8H10O4S.K.H/c1-11-7-4-3-6(13(9)10)5-8(7)12-2;;/h3-5H,1-2H3,(H,9,10);;/q;+1;-1. The third-order valence-electron chi connectivity index (χ3n) is 1.56. The summed E-state index contributed by atoms with van der Waals surface area (Å²) in [7, 11) is 2.98. The predicted molar refractivity (Wildman–Crippen MR) is 49.7 cm³/mol. The van der Waals surface area contributed by atoms with Crippen molar-refractivity contribution in [2.75, 3.05) is 14.2 Å². The van der Waals surface area contributed by atoms with Crippen molar-refractivity contribution in [1.29, 1.82) is 0 Å². The van der Waals surface area contributed by atoms with Crippen LogP contribution in [0, 0.1) is 0 Å². The van der Waals surface area contributed by atoms with Crippen LogP contribution in [0.25, 0.3) is 0 Å². The summed E-state index contributed by atoms with van der Waals surface area (Å²) in [5.41, 5.74) is 0. The minimum absolute atomic E-state index is 0. The fourth-order valence-electron chi connectivity index (χ4n) is 0.925. The summed E-state index contributed by atoms with van der Waals surface area (Å²) in [4.78, 5) is 0.289. The Morgan fingerprint density at radius 3 is 2.29 bits per heavy atom. The van der Waals surface area contributed by atoms with Gasteiger partial charge >= 0.3 is 51.4 Å². The number of methoxy groups -OCH3 is 2. The average molecular weight is 242 g/mol. The van der Waals surface area contributed by atoms with E-state index in [0.717, 1.165) is 0 Å². The molecule has 6 heteroatoms. The molecule has 4 nitrogen and oxygen atoms in total. The van der Waals surface area contributed by atoms with Crippen molar-refractivity contribution in [2.45, 2.75) is 4.90 Å². The van der Waals surface area contributed by atoms with E-state index >= 15 is 0 Å². The Bertz CT molecular complexity index is 334. The molecule has 0 aliphatic heterocycles. The minimum atomic E-state index is -1.99. The van der Waals surface area contributed by atoms with Crippen LogP contribution in [0.4, 0.5) is 0 Å². The monoisotopic (exact) mass is 242 g/mol. The van der Waals surface area contributed by atoms with Crippen molar-refractivity contribution >= 4 is 11.1 Å². The van der Waals surface area contributed by atoms with E-state index < -0.39 is 11.1 Å². The summed E-state index contributed by atoms with van der Waals surface area (Å²) in [6.07, 6.45) is 0. The number of benzene rings is 1. The minimum Gasteiger partial charge on any atom is -1.00 e. The van der Waals surface area contributed by atoms with Gasteiger partial charge in [0.15, 0.2) is 22.6 Å². The van der Waals surface area contributed by atoms with Crippen LogP contribution in [0.2, 0.25) is 0 Å². The second-order valence-corrected chi connectivity index (χ2v) is 3.24. The van der Waals surface area contributed by atoms with Gasteiger partial charge in [-0.25, -0.2) is 4.21 Å². The van der Waals surface area contributed by atoms with Crippen molar-refractivity contribution < 1.29 is 71.0 Å². The first-order valence-electron chi connectivity index (χ1n) is 3.52. The Hall–Kier alpha value is 0.566. The SMILES string of the molecule is COc1ccc(S(=O)O)cc1OC.[H-].[K+]. The zero-order chi connectivity index (χ0) is 9.84. The number of ether oxygens (including phenoxy) is 2. The Balaban J connectivity index is 0. The van der Waals surface area contributed by atoms with Crippen molar-refractivity contribution in [3.8, 4) is 11.5 Å². The molecule has 0 saturated carbocycles. The van der Waals surface area contributed by atoms with Gasteiger partial charge in [-0.2, -0.15) is 0 Å². The van der Waals surface area contributed by atoms with Crippen LogP contribution in [0.3, 0.4) is 0 Å². The fourth-order valence-corrected chi connectivity index (χ4v) is 1.32. The molecule has 0 aliphatic rings. The molecule has 0 aliphatic carbocycles. The van der Waals surface area contributed by atoms with E-state index in [0.29, 0.717) is 11.5 Å². The first-order chi connectivity index (χ1) is 6.19. The molecule has 0 fully saturated rings. The van der Waals surface area contributed by atoms with Crippen LogP contribution in [0.1, 0.15) is 1.43 Å². The third kappa shape index (κ3) is 3.61. The largest absolute Gasteiger partial charge is 1.00 e. The molecule has 14 heavy (non-hydrogen) atoms. The summed E-state index contributed by atoms with van der Waals surface area (Å²) in [6, 6.07) is 4.56. The van der Waals surface area contributed by atoms with Gasteiger partial charge in [0.2, 0.25) is 0 Å². The number of hydrogen-bond acceptors (Lipinski definition) is 3. The smallest absolute Gasteiger partial charge is 1.00 e. The fraction of sp³-hybridized carbons (Fsp3) is 0.250. The average Bonchev–Trinajstić information content (AvgIpc) is 2.16. The van der Waals surface area contributed by atoms with Gasteiger partial charge in [-0.15, -0.1) is 0 Å². The van der Waals surface area contributed by atoms with Crippen LogP contribution in [-0.2, 0) is 11.1 Å². The Morgan fingerprint density at radius 1 is 1.29 bits per heavy atom. The third-order valence-corrected chi connectivity index (χ3v) is 2.21. The Labute approximate surface area is 129 Å². The molecule has 0 spiro atoms. The molecule has 1 aromatic rings. The molecule has 1 rings (SSSR count). The van der Waals surface area contributed by atoms with E-state index in [9.17, 15) is 4.21 Å². The van der Waals surface area contributed by atoms with Crippen LogP contribution in [0.5, 0.6) is 11.5 Å². The van der Waals surface area contributed by atoms with Gasteiger partial charge in [-0.05, 0) is 12.1 Å². The molecule has 0 amide bonds. The molecule has 0 saturated heterocycles. The second-order valence-electron chi connectivity index (χ2n) is 2.27. The summed E-state index contributed by atoms with van der Waals surface area (Å²) in [5, 5.41) is 0. The van der Waals surface area contributed by atoms with Gasteiger partial charge in [0, 0.05) is 6.07 Å². The molecule has 74 valence electrons. The molecular formula is C8H11KO4S. The molecular weight excluding hydrogens is 231 g/mol. The maximum absolute atomic E-state index is 10.7. The Morgan fingerprint density at radius 2 is 1.86 bits per heavy atom. The molecule has 0 aromatic heterocycles.